The van der Waals surface area contributed by atoms with Crippen LogP contribution >= 0.6 is 11.6 Å². The predicted molar refractivity (Wildman–Crippen MR) is 584 cm³/mol. The van der Waals surface area contributed by atoms with Gasteiger partial charge in [0.1, 0.15) is 28.5 Å². The van der Waals surface area contributed by atoms with Crippen LogP contribution in [0.4, 0.5) is 45.5 Å². The first-order valence-electron chi connectivity index (χ1n) is 51.1. The summed E-state index contributed by atoms with van der Waals surface area (Å²) in [6, 6.07) is 74.7. The maximum Gasteiger partial charge on any atom is 0.302 e. The molecule has 782 valence electrons. The van der Waals surface area contributed by atoms with Crippen molar-refractivity contribution in [3.8, 4) is 28.5 Å². The van der Waals surface area contributed by atoms with Crippen LogP contribution in [0.1, 0.15) is 82.0 Å². The van der Waals surface area contributed by atoms with Crippen molar-refractivity contribution in [1.29, 1.82) is 0 Å². The standard InChI is InChI=1S/C34H39N5O3.C30H38N6O4.C27H31ClN6O3.C21H26N6O3/c1-2-42-24-12-19-35-33-31(26-36-39(34(33)41)29-17-10-5-11-18-29)37-20-22-38(23-21-37)32(40)25-30(27-13-6-3-7-14-27)28-15-8-4-9-16-28;1-3-40-21-16-31-29-26(22-32-36(30(29)39)25-12-8-5-9-13-25)34-17-19-35(20-18-34)28(38)15-14-27(37)33-23(2)24-10-6-4-7-11-24;1-30-11-13-33(14-12-30)26-23(19-29-34(27(26)36)21-7-3-2-4-8-21)31-15-17-32(18-16-31)25(35)20-37-24-10-6-5-9-22(24)28;1-3-30-14-9-23-20-18(25-10-12-26(13-11-25)19(28)16-22-2)15-24-27(21(20)29)17-7-5-4-6-8-17/h3-11,13-18,26,30,35H,2,12,19-25H2,1H3;4-13,22-23,31H,3,14-21H2,1-2H3,(H,33,37);2-10,19H,11-18,20H2,1H3;4-8,15,23H,3,9-14,16H2,1H3/t;23-;;/m.1../s1. The third-order valence-corrected chi connectivity index (χ3v) is 26.7. The van der Waals surface area contributed by atoms with Gasteiger partial charge in [-0.25, -0.2) is 6.57 Å². The van der Waals surface area contributed by atoms with E-state index in [-0.39, 0.29) is 89.7 Å². The average molecular weight is 2050 g/mol. The number of nitrogens with one attached hydrogen (secondary N) is 4. The number of anilines is 8. The molecule has 12 aromatic rings. The van der Waals surface area contributed by atoms with E-state index in [9.17, 15) is 43.2 Å². The number of benzene rings is 8. The second-order valence-electron chi connectivity index (χ2n) is 36.1. The number of ether oxygens (including phenoxy) is 4. The number of aromatic nitrogens is 8. The first kappa shape index (κ1) is 109. The lowest BCUT2D eigenvalue weighted by Gasteiger charge is -2.39. The Morgan fingerprint density at radius 3 is 1.11 bits per heavy atom. The molecule has 0 unspecified atom stereocenters. The molecule has 0 radical (unpaired) electrons. The molecule has 8 aromatic carbocycles. The summed E-state index contributed by atoms with van der Waals surface area (Å²) in [6.07, 6.45) is 8.44. The van der Waals surface area contributed by atoms with Gasteiger partial charge in [0.15, 0.2) is 6.61 Å². The van der Waals surface area contributed by atoms with E-state index >= 15 is 0 Å². The number of likely N-dealkylation sites (N-methyl/N-ethyl adjacent to an activating group) is 1. The number of hydrogen-bond donors (Lipinski definition) is 4. The smallest absolute Gasteiger partial charge is 0.302 e. The number of piperazine rings is 5. The van der Waals surface area contributed by atoms with Gasteiger partial charge < -0.3 is 94.1 Å². The monoisotopic (exact) mass is 2040 g/mol. The lowest BCUT2D eigenvalue weighted by atomic mass is 9.88. The molecule has 5 fully saturated rings. The maximum atomic E-state index is 13.8. The fourth-order valence-electron chi connectivity index (χ4n) is 18.2. The van der Waals surface area contributed by atoms with Gasteiger partial charge in [0.2, 0.25) is 17.7 Å². The molecular formula is C112H134ClN23O13. The van der Waals surface area contributed by atoms with Gasteiger partial charge >= 0.3 is 5.91 Å². The van der Waals surface area contributed by atoms with Crippen LogP contribution in [0.15, 0.2) is 281 Å². The number of para-hydroxylation sites is 5. The lowest BCUT2D eigenvalue weighted by molar-refractivity contribution is -0.134. The highest BCUT2D eigenvalue weighted by molar-refractivity contribution is 6.32. The van der Waals surface area contributed by atoms with Crippen molar-refractivity contribution in [3.63, 3.8) is 0 Å². The highest BCUT2D eigenvalue weighted by atomic mass is 35.5. The van der Waals surface area contributed by atoms with E-state index in [0.717, 1.165) is 66.4 Å². The zero-order valence-corrected chi connectivity index (χ0v) is 86.2. The molecule has 4 aromatic heterocycles. The quantitative estimate of drug-likeness (QED) is 0.0206. The molecule has 5 aliphatic rings. The van der Waals surface area contributed by atoms with Crippen molar-refractivity contribution in [2.75, 3.05) is 251 Å². The molecule has 0 bridgehead atoms. The Bertz CT molecular complexity index is 6540. The Morgan fingerprint density at radius 1 is 0.376 bits per heavy atom. The second kappa shape index (κ2) is 56.4. The van der Waals surface area contributed by atoms with Crippen LogP contribution in [-0.4, -0.2) is 304 Å². The van der Waals surface area contributed by atoms with Crippen LogP contribution < -0.4 is 72.7 Å². The Labute approximate surface area is 874 Å². The SMILES string of the molecule is CCOCCCNc1c(N2CCN(C(=O)CC(c3ccccc3)c3ccccc3)CC2)cnn(-c2ccccc2)c1=O.CCOCCNc1c(N2CCN(C(=O)CCC(=O)N[C@H](C)c3ccccc3)CC2)cnn(-c2ccccc2)c1=O.CN1CCN(c2c(N3CCN(C(=O)COc4ccccc4Cl)CC3)cnn(-c3ccccc3)c2=O)CC1.[C-]#[N+]CC(=O)N1CCN(c2cnn(-c3ccccc3)c(=O)c2NCCOCC)CC1. The first-order chi connectivity index (χ1) is 72.8. The van der Waals surface area contributed by atoms with Gasteiger partial charge in [0.05, 0.1) is 94.6 Å². The van der Waals surface area contributed by atoms with Crippen molar-refractivity contribution >= 4 is 86.6 Å². The number of rotatable bonds is 38. The Balaban J connectivity index is 0.000000158. The summed E-state index contributed by atoms with van der Waals surface area (Å²) < 4.78 is 27.6. The average Bonchev–Trinajstić information content (AvgIpc) is 0.805. The van der Waals surface area contributed by atoms with Crippen LogP contribution in [0.5, 0.6) is 5.75 Å². The predicted octanol–water partition coefficient (Wildman–Crippen LogP) is 11.5. The lowest BCUT2D eigenvalue weighted by Crippen LogP contribution is -2.52. The zero-order chi connectivity index (χ0) is 105. The zero-order valence-electron chi connectivity index (χ0n) is 85.4. The summed E-state index contributed by atoms with van der Waals surface area (Å²) in [5, 5.41) is 31.2. The Kier molecular flexibility index (Phi) is 41.3. The molecule has 0 aliphatic carbocycles. The van der Waals surface area contributed by atoms with Crippen LogP contribution in [0.2, 0.25) is 5.02 Å². The molecule has 9 heterocycles. The van der Waals surface area contributed by atoms with E-state index < -0.39 is 0 Å². The fourth-order valence-corrected chi connectivity index (χ4v) is 18.4. The van der Waals surface area contributed by atoms with Gasteiger partial charge in [-0.15, -0.1) is 0 Å². The van der Waals surface area contributed by atoms with E-state index in [1.165, 1.54) is 18.7 Å². The summed E-state index contributed by atoms with van der Waals surface area (Å²) >= 11 is 6.13. The molecular weight excluding hydrogens is 1910 g/mol. The number of carbonyl (C=O) groups excluding carboxylic acids is 5. The molecule has 5 saturated heterocycles. The third-order valence-electron chi connectivity index (χ3n) is 26.4. The summed E-state index contributed by atoms with van der Waals surface area (Å²) in [4.78, 5) is 141. The van der Waals surface area contributed by atoms with Crippen molar-refractivity contribution in [2.45, 2.75) is 65.3 Å². The largest absolute Gasteiger partial charge is 0.482 e. The van der Waals surface area contributed by atoms with Gasteiger partial charge in [-0.1, -0.05) is 188 Å². The van der Waals surface area contributed by atoms with Crippen LogP contribution in [0.25, 0.3) is 27.6 Å². The number of hydrogen-bond acceptors (Lipinski definition) is 26. The minimum Gasteiger partial charge on any atom is -0.482 e. The second-order valence-corrected chi connectivity index (χ2v) is 36.5. The molecule has 5 amide bonds. The Morgan fingerprint density at radius 2 is 0.711 bits per heavy atom. The van der Waals surface area contributed by atoms with Crippen molar-refractivity contribution < 1.29 is 42.9 Å². The highest BCUT2D eigenvalue weighted by Crippen LogP contribution is 2.34. The molecule has 0 spiro atoms. The van der Waals surface area contributed by atoms with Gasteiger partial charge in [0, 0.05) is 202 Å². The minimum absolute atomic E-state index is 0.000183. The van der Waals surface area contributed by atoms with Crippen molar-refractivity contribution in [3.05, 3.63) is 336 Å². The van der Waals surface area contributed by atoms with Crippen LogP contribution in [-0.2, 0) is 38.2 Å². The maximum absolute atomic E-state index is 13.8. The van der Waals surface area contributed by atoms with Gasteiger partial charge in [0.25, 0.3) is 34.7 Å². The molecule has 37 heteroatoms. The molecule has 17 rings (SSSR count). The molecule has 36 nitrogen and oxygen atoms in total. The van der Waals surface area contributed by atoms with E-state index in [0.29, 0.717) is 232 Å². The number of amides is 5. The minimum atomic E-state index is -0.241. The summed E-state index contributed by atoms with van der Waals surface area (Å²) in [5.74, 6) is 0.206. The van der Waals surface area contributed by atoms with E-state index in [1.807, 2.05) is 238 Å². The third kappa shape index (κ3) is 30.1. The first-order valence-corrected chi connectivity index (χ1v) is 51.5. The van der Waals surface area contributed by atoms with Crippen molar-refractivity contribution in [1.82, 2.24) is 68.9 Å². The van der Waals surface area contributed by atoms with E-state index in [2.05, 4.69) is 102 Å². The number of nitrogens with zero attached hydrogens (tertiary/aromatic N) is 19. The highest BCUT2D eigenvalue weighted by Gasteiger charge is 2.34. The summed E-state index contributed by atoms with van der Waals surface area (Å²) in [5.41, 5.74) is 10.5. The van der Waals surface area contributed by atoms with E-state index in [4.69, 9.17) is 37.1 Å². The number of halogens is 1. The normalized spacial score (nSPS) is 14.4. The van der Waals surface area contributed by atoms with Crippen LogP contribution in [0, 0.1) is 6.57 Å². The summed E-state index contributed by atoms with van der Waals surface area (Å²) in [6.45, 7) is 31.8. The number of carbonyl (C=O) groups is 5. The topological polar surface area (TPSA) is 347 Å². The molecule has 4 N–H and O–H groups in total. The van der Waals surface area contributed by atoms with Gasteiger partial charge in [-0.3, -0.25) is 43.2 Å². The van der Waals surface area contributed by atoms with Crippen molar-refractivity contribution in [2.24, 2.45) is 0 Å². The molecule has 149 heavy (non-hydrogen) atoms. The summed E-state index contributed by atoms with van der Waals surface area (Å²) in [7, 11) is 2.10. The molecule has 0 saturated carbocycles. The van der Waals surface area contributed by atoms with Crippen LogP contribution in [0.3, 0.4) is 0 Å². The molecule has 5 aliphatic heterocycles. The van der Waals surface area contributed by atoms with Gasteiger partial charge in [-0.05, 0) is 119 Å². The van der Waals surface area contributed by atoms with Gasteiger partial charge in [-0.2, -0.15) is 39.1 Å². The van der Waals surface area contributed by atoms with E-state index in [1.54, 1.807) is 51.6 Å². The Hall–Kier alpha value is -15.6. The molecule has 1 atom stereocenters. The fraction of sp³-hybridized carbons (Fsp3) is 0.375.